The number of nitrogens with one attached hydrogen (secondary N) is 1. The normalized spacial score (nSPS) is 13.8. The molecule has 1 fully saturated rings. The number of nitriles is 1. The fraction of sp³-hybridized carbons (Fsp3) is 0.292. The Morgan fingerprint density at radius 3 is 2.45 bits per heavy atom. The number of hydrogen-bond donors (Lipinski definition) is 1. The van der Waals surface area contributed by atoms with Crippen molar-refractivity contribution in [2.75, 3.05) is 31.1 Å². The van der Waals surface area contributed by atoms with Gasteiger partial charge in [-0.1, -0.05) is 7.43 Å². The van der Waals surface area contributed by atoms with Gasteiger partial charge in [-0.05, 0) is 31.2 Å². The SMILES string of the molecule is C.Cc1cc(-c2cc(-c3ccc(N4CCNCC4)nc3)c3c(C#N)cnn3c2)cn1C. The number of nitrogens with zero attached hydrogens (tertiary/aromatic N) is 6. The quantitative estimate of drug-likeness (QED) is 0.555. The summed E-state index contributed by atoms with van der Waals surface area (Å²) in [6.07, 6.45) is 7.62. The van der Waals surface area contributed by atoms with Crippen LogP contribution in [0, 0.1) is 18.3 Å². The zero-order valence-corrected chi connectivity index (χ0v) is 17.1. The van der Waals surface area contributed by atoms with E-state index in [0.717, 1.165) is 59.8 Å². The molecule has 0 aromatic carbocycles. The number of aryl methyl sites for hydroxylation is 2. The van der Waals surface area contributed by atoms with Gasteiger partial charge in [-0.15, -0.1) is 0 Å². The number of rotatable bonds is 3. The Balaban J connectivity index is 0.00000231. The Morgan fingerprint density at radius 1 is 1.03 bits per heavy atom. The molecule has 1 aliphatic rings. The van der Waals surface area contributed by atoms with Crippen molar-refractivity contribution in [3.8, 4) is 28.3 Å². The Kier molecular flexibility index (Phi) is 5.49. The van der Waals surface area contributed by atoms with E-state index in [-0.39, 0.29) is 7.43 Å². The van der Waals surface area contributed by atoms with Gasteiger partial charge >= 0.3 is 0 Å². The van der Waals surface area contributed by atoms with Crippen LogP contribution in [0.4, 0.5) is 5.82 Å². The summed E-state index contributed by atoms with van der Waals surface area (Å²) >= 11 is 0. The van der Waals surface area contributed by atoms with Gasteiger partial charge in [0.2, 0.25) is 0 Å². The predicted octanol–water partition coefficient (Wildman–Crippen LogP) is 3.63. The van der Waals surface area contributed by atoms with Crippen LogP contribution in [0.5, 0.6) is 0 Å². The van der Waals surface area contributed by atoms with Crippen LogP contribution in [0.1, 0.15) is 18.7 Å². The van der Waals surface area contributed by atoms with Crippen LogP contribution in [-0.2, 0) is 7.05 Å². The van der Waals surface area contributed by atoms with E-state index in [1.54, 1.807) is 10.7 Å². The van der Waals surface area contributed by atoms with Crippen LogP contribution in [0.2, 0.25) is 0 Å². The van der Waals surface area contributed by atoms with Gasteiger partial charge in [0.25, 0.3) is 0 Å². The maximum atomic E-state index is 9.60. The summed E-state index contributed by atoms with van der Waals surface area (Å²) in [5, 5.41) is 17.4. The molecule has 4 aromatic rings. The number of fused-ring (bicyclic) bond motifs is 1. The lowest BCUT2D eigenvalue weighted by Gasteiger charge is -2.28. The van der Waals surface area contributed by atoms with Crippen LogP contribution >= 0.6 is 0 Å². The molecule has 0 radical (unpaired) electrons. The molecule has 0 spiro atoms. The van der Waals surface area contributed by atoms with Crippen molar-refractivity contribution in [1.29, 1.82) is 5.26 Å². The summed E-state index contributed by atoms with van der Waals surface area (Å²) < 4.78 is 3.91. The standard InChI is InChI=1S/C23H23N7.CH4/c1-16-9-18(14-28(16)2)19-10-21(23-20(11-24)13-27-30(23)15-19)17-3-4-22(26-12-17)29-7-5-25-6-8-29;/h3-4,9-10,12-15,25H,5-8H2,1-2H3;1H4. The minimum Gasteiger partial charge on any atom is -0.354 e. The van der Waals surface area contributed by atoms with E-state index < -0.39 is 0 Å². The van der Waals surface area contributed by atoms with Gasteiger partial charge in [0.05, 0.1) is 17.3 Å². The van der Waals surface area contributed by atoms with Crippen LogP contribution in [0.15, 0.2) is 49.1 Å². The second kappa shape index (κ2) is 8.25. The molecule has 0 saturated carbocycles. The van der Waals surface area contributed by atoms with E-state index in [0.29, 0.717) is 5.56 Å². The third-order valence-electron chi connectivity index (χ3n) is 5.82. The van der Waals surface area contributed by atoms with Gasteiger partial charge in [-0.3, -0.25) is 0 Å². The first-order valence-electron chi connectivity index (χ1n) is 10.1. The van der Waals surface area contributed by atoms with Crippen molar-refractivity contribution < 1.29 is 0 Å². The Bertz CT molecular complexity index is 1230. The minimum absolute atomic E-state index is 0. The molecule has 158 valence electrons. The van der Waals surface area contributed by atoms with Crippen molar-refractivity contribution >= 4 is 11.3 Å². The molecule has 0 bridgehead atoms. The van der Waals surface area contributed by atoms with Gasteiger partial charge in [-0.2, -0.15) is 10.4 Å². The summed E-state index contributed by atoms with van der Waals surface area (Å²) in [6, 6.07) is 10.7. The monoisotopic (exact) mass is 413 g/mol. The Morgan fingerprint density at radius 2 is 1.81 bits per heavy atom. The summed E-state index contributed by atoms with van der Waals surface area (Å²) in [5.41, 5.74) is 6.68. The molecule has 0 amide bonds. The van der Waals surface area contributed by atoms with Crippen LogP contribution in [-0.4, -0.2) is 45.3 Å². The van der Waals surface area contributed by atoms with E-state index in [4.69, 9.17) is 4.98 Å². The first-order valence-corrected chi connectivity index (χ1v) is 10.1. The Labute approximate surface area is 182 Å². The van der Waals surface area contributed by atoms with Gasteiger partial charge < -0.3 is 14.8 Å². The van der Waals surface area contributed by atoms with Gasteiger partial charge in [0, 0.05) is 79.8 Å². The van der Waals surface area contributed by atoms with E-state index >= 15 is 0 Å². The molecule has 0 unspecified atom stereocenters. The first-order chi connectivity index (χ1) is 14.6. The third-order valence-corrected chi connectivity index (χ3v) is 5.82. The van der Waals surface area contributed by atoms with E-state index in [1.165, 1.54) is 5.69 Å². The summed E-state index contributed by atoms with van der Waals surface area (Å²) in [7, 11) is 2.04. The summed E-state index contributed by atoms with van der Waals surface area (Å²) in [6.45, 7) is 5.96. The smallest absolute Gasteiger partial charge is 0.128 e. The highest BCUT2D eigenvalue weighted by Gasteiger charge is 2.16. The van der Waals surface area contributed by atoms with Crippen molar-refractivity contribution in [3.05, 3.63) is 60.3 Å². The molecule has 5 rings (SSSR count). The van der Waals surface area contributed by atoms with Crippen LogP contribution in [0.25, 0.3) is 27.8 Å². The predicted molar refractivity (Wildman–Crippen MR) is 124 cm³/mol. The molecule has 4 aromatic heterocycles. The topological polar surface area (TPSA) is 74.2 Å². The maximum absolute atomic E-state index is 9.60. The summed E-state index contributed by atoms with van der Waals surface area (Å²) in [4.78, 5) is 7.02. The zero-order valence-electron chi connectivity index (χ0n) is 17.1. The van der Waals surface area contributed by atoms with Gasteiger partial charge in [0.1, 0.15) is 11.9 Å². The van der Waals surface area contributed by atoms with Gasteiger partial charge in [-0.25, -0.2) is 9.50 Å². The molecular weight excluding hydrogens is 386 g/mol. The Hall–Kier alpha value is -3.63. The molecular formula is C24H27N7. The minimum atomic E-state index is 0. The zero-order chi connectivity index (χ0) is 20.7. The summed E-state index contributed by atoms with van der Waals surface area (Å²) in [5.74, 6) is 0.986. The molecule has 0 atom stereocenters. The van der Waals surface area contributed by atoms with E-state index in [2.05, 4.69) is 63.3 Å². The maximum Gasteiger partial charge on any atom is 0.128 e. The fourth-order valence-electron chi connectivity index (χ4n) is 4.04. The van der Waals surface area contributed by atoms with Crippen LogP contribution < -0.4 is 10.2 Å². The molecule has 7 nitrogen and oxygen atoms in total. The average Bonchev–Trinajstić information content (AvgIpc) is 3.36. The number of hydrogen-bond acceptors (Lipinski definition) is 5. The highest BCUT2D eigenvalue weighted by atomic mass is 15.2. The second-order valence-corrected chi connectivity index (χ2v) is 7.73. The lowest BCUT2D eigenvalue weighted by molar-refractivity contribution is 0.585. The lowest BCUT2D eigenvalue weighted by atomic mass is 10.0. The largest absolute Gasteiger partial charge is 0.354 e. The van der Waals surface area contributed by atoms with Crippen molar-refractivity contribution in [2.45, 2.75) is 14.4 Å². The number of pyridine rings is 2. The van der Waals surface area contributed by atoms with Crippen LogP contribution in [0.3, 0.4) is 0 Å². The second-order valence-electron chi connectivity index (χ2n) is 7.73. The molecule has 5 heterocycles. The molecule has 7 heteroatoms. The van der Waals surface area contributed by atoms with E-state index in [9.17, 15) is 5.26 Å². The molecule has 31 heavy (non-hydrogen) atoms. The first kappa shape index (κ1) is 20.6. The molecule has 1 N–H and O–H groups in total. The highest BCUT2D eigenvalue weighted by molar-refractivity contribution is 5.87. The molecule has 0 aliphatic carbocycles. The third kappa shape index (κ3) is 3.66. The molecule has 1 saturated heterocycles. The number of aromatic nitrogens is 4. The molecule has 1 aliphatic heterocycles. The van der Waals surface area contributed by atoms with Crippen molar-refractivity contribution in [2.24, 2.45) is 7.05 Å². The number of anilines is 1. The van der Waals surface area contributed by atoms with E-state index in [1.807, 2.05) is 19.4 Å². The lowest BCUT2D eigenvalue weighted by Crippen LogP contribution is -2.43. The number of piperazine rings is 1. The highest BCUT2D eigenvalue weighted by Crippen LogP contribution is 2.32. The fourth-order valence-corrected chi connectivity index (χ4v) is 4.04. The van der Waals surface area contributed by atoms with Crippen molar-refractivity contribution in [3.63, 3.8) is 0 Å². The van der Waals surface area contributed by atoms with Gasteiger partial charge in [0.15, 0.2) is 0 Å². The van der Waals surface area contributed by atoms with Crippen molar-refractivity contribution in [1.82, 2.24) is 24.5 Å². The average molecular weight is 414 g/mol.